The van der Waals surface area contributed by atoms with Crippen LogP contribution in [-0.2, 0) is 17.1 Å². The monoisotopic (exact) mass is 405 g/mol. The predicted octanol–water partition coefficient (Wildman–Crippen LogP) is 1.53. The summed E-state index contributed by atoms with van der Waals surface area (Å²) in [5, 5.41) is 0. The van der Waals surface area contributed by atoms with Crippen molar-refractivity contribution in [2.24, 2.45) is 12.8 Å². The maximum absolute atomic E-state index is 12.3. The molecule has 0 saturated carbocycles. The van der Waals surface area contributed by atoms with Crippen LogP contribution in [0.2, 0.25) is 0 Å². The molecular weight excluding hydrogens is 393 g/mol. The highest BCUT2D eigenvalue weighted by molar-refractivity contribution is 14.1. The third-order valence-electron chi connectivity index (χ3n) is 2.66. The fraction of sp³-hybridized carbons (Fsp3) is 0.0833. The van der Waals surface area contributed by atoms with Crippen LogP contribution in [0.5, 0.6) is 0 Å². The lowest BCUT2D eigenvalue weighted by Gasteiger charge is -2.07. The van der Waals surface area contributed by atoms with Gasteiger partial charge in [-0.05, 0) is 40.8 Å². The Balaban J connectivity index is 2.39. The van der Waals surface area contributed by atoms with Crippen molar-refractivity contribution in [1.82, 2.24) is 4.57 Å². The first-order valence-corrected chi connectivity index (χ1v) is 8.11. The first-order chi connectivity index (χ1) is 9.31. The van der Waals surface area contributed by atoms with E-state index < -0.39 is 15.9 Å². The van der Waals surface area contributed by atoms with Crippen molar-refractivity contribution in [1.29, 1.82) is 0 Å². The normalized spacial score (nSPS) is 11.3. The third-order valence-corrected chi connectivity index (χ3v) is 4.93. The smallest absolute Gasteiger partial charge is 0.265 e. The average Bonchev–Trinajstić information content (AvgIpc) is 2.75. The van der Waals surface area contributed by atoms with Crippen LogP contribution >= 0.6 is 22.6 Å². The molecule has 20 heavy (non-hydrogen) atoms. The quantitative estimate of drug-likeness (QED) is 0.756. The lowest BCUT2D eigenvalue weighted by molar-refractivity contribution is 0.0992. The second-order valence-corrected chi connectivity index (χ2v) is 6.97. The number of nitrogens with one attached hydrogen (secondary N) is 1. The van der Waals surface area contributed by atoms with E-state index in [1.807, 2.05) is 28.7 Å². The van der Waals surface area contributed by atoms with Gasteiger partial charge in [-0.15, -0.1) is 0 Å². The summed E-state index contributed by atoms with van der Waals surface area (Å²) in [5.74, 6) is -0.678. The molecule has 106 valence electrons. The molecule has 0 saturated heterocycles. The molecule has 2 aromatic rings. The number of hydrogen-bond acceptors (Lipinski definition) is 3. The highest BCUT2D eigenvalue weighted by Crippen LogP contribution is 2.22. The van der Waals surface area contributed by atoms with Gasteiger partial charge in [-0.2, -0.15) is 0 Å². The van der Waals surface area contributed by atoms with Crippen LogP contribution in [0.4, 0.5) is 5.69 Å². The Labute approximate surface area is 130 Å². The number of nitrogens with two attached hydrogens (primary N) is 1. The molecule has 1 aromatic heterocycles. The Bertz CT molecular complexity index is 768. The van der Waals surface area contributed by atoms with Crippen LogP contribution in [-0.4, -0.2) is 18.9 Å². The molecule has 0 fully saturated rings. The topological polar surface area (TPSA) is 94.2 Å². The van der Waals surface area contributed by atoms with Crippen molar-refractivity contribution in [3.05, 3.63) is 45.8 Å². The van der Waals surface area contributed by atoms with E-state index in [4.69, 9.17) is 5.73 Å². The van der Waals surface area contributed by atoms with E-state index in [1.165, 1.54) is 16.8 Å². The van der Waals surface area contributed by atoms with Gasteiger partial charge in [0.1, 0.15) is 10.6 Å². The molecule has 0 aliphatic rings. The number of anilines is 1. The molecule has 8 heteroatoms. The maximum Gasteiger partial charge on any atom is 0.265 e. The summed E-state index contributed by atoms with van der Waals surface area (Å²) >= 11 is 2.04. The number of carbonyl (C=O) groups excluding carboxylic acids is 1. The number of hydrogen-bond donors (Lipinski definition) is 2. The van der Waals surface area contributed by atoms with E-state index >= 15 is 0 Å². The van der Waals surface area contributed by atoms with Crippen molar-refractivity contribution < 1.29 is 13.2 Å². The molecule has 0 aliphatic heterocycles. The second-order valence-electron chi connectivity index (χ2n) is 4.12. The van der Waals surface area contributed by atoms with Crippen LogP contribution < -0.4 is 10.5 Å². The van der Waals surface area contributed by atoms with Gasteiger partial charge in [0.2, 0.25) is 0 Å². The number of amides is 1. The zero-order valence-electron chi connectivity index (χ0n) is 10.5. The maximum atomic E-state index is 12.3. The van der Waals surface area contributed by atoms with Gasteiger partial charge in [-0.3, -0.25) is 9.52 Å². The molecule has 0 bridgehead atoms. The summed E-state index contributed by atoms with van der Waals surface area (Å²) in [7, 11) is -2.19. The van der Waals surface area contributed by atoms with Gasteiger partial charge in [0.15, 0.2) is 0 Å². The standard InChI is InChI=1S/C12H12IN3O3S/c1-16-7-8(6-11(16)12(14)17)20(18,19)15-10-5-3-2-4-9(10)13/h2-7,15H,1H3,(H2,14,17). The lowest BCUT2D eigenvalue weighted by atomic mass is 10.3. The average molecular weight is 405 g/mol. The van der Waals surface area contributed by atoms with Crippen LogP contribution in [0.15, 0.2) is 41.4 Å². The zero-order chi connectivity index (χ0) is 14.9. The van der Waals surface area contributed by atoms with E-state index in [2.05, 4.69) is 4.72 Å². The fourth-order valence-electron chi connectivity index (χ4n) is 1.67. The molecule has 0 unspecified atom stereocenters. The Morgan fingerprint density at radius 3 is 2.55 bits per heavy atom. The summed E-state index contributed by atoms with van der Waals surface area (Å²) in [5.41, 5.74) is 5.79. The first kappa shape index (κ1) is 14.9. The van der Waals surface area contributed by atoms with Gasteiger partial charge >= 0.3 is 0 Å². The Morgan fingerprint density at radius 2 is 2.00 bits per heavy atom. The first-order valence-electron chi connectivity index (χ1n) is 5.55. The van der Waals surface area contributed by atoms with Gasteiger partial charge in [0.25, 0.3) is 15.9 Å². The summed E-state index contributed by atoms with van der Waals surface area (Å²) in [4.78, 5) is 11.2. The molecule has 1 aromatic carbocycles. The molecule has 3 N–H and O–H groups in total. The van der Waals surface area contributed by atoms with E-state index in [0.717, 1.165) is 3.57 Å². The van der Waals surface area contributed by atoms with Crippen LogP contribution in [0.1, 0.15) is 10.5 Å². The molecular formula is C12H12IN3O3S. The third kappa shape index (κ3) is 2.96. The van der Waals surface area contributed by atoms with Gasteiger partial charge in [-0.1, -0.05) is 12.1 Å². The van der Waals surface area contributed by atoms with Crippen molar-refractivity contribution in [2.45, 2.75) is 4.90 Å². The number of nitrogens with zero attached hydrogens (tertiary/aromatic N) is 1. The second kappa shape index (κ2) is 5.44. The zero-order valence-corrected chi connectivity index (χ0v) is 13.5. The van der Waals surface area contributed by atoms with E-state index in [0.29, 0.717) is 5.69 Å². The van der Waals surface area contributed by atoms with Crippen molar-refractivity contribution >= 4 is 44.2 Å². The van der Waals surface area contributed by atoms with Crippen LogP contribution in [0.3, 0.4) is 0 Å². The minimum absolute atomic E-state index is 0.00606. The number of halogens is 1. The number of carbonyl (C=O) groups is 1. The number of rotatable bonds is 4. The van der Waals surface area contributed by atoms with Gasteiger partial charge in [-0.25, -0.2) is 8.42 Å². The molecule has 6 nitrogen and oxygen atoms in total. The molecule has 0 atom stereocenters. The van der Waals surface area contributed by atoms with E-state index in [-0.39, 0.29) is 10.6 Å². The SMILES string of the molecule is Cn1cc(S(=O)(=O)Nc2ccccc2I)cc1C(N)=O. The molecule has 1 amide bonds. The predicted molar refractivity (Wildman–Crippen MR) is 83.9 cm³/mol. The number of para-hydroxylation sites is 1. The summed E-state index contributed by atoms with van der Waals surface area (Å²) < 4.78 is 29.2. The number of primary amides is 1. The van der Waals surface area contributed by atoms with Crippen molar-refractivity contribution in [2.75, 3.05) is 4.72 Å². The summed E-state index contributed by atoms with van der Waals surface area (Å²) in [6, 6.07) is 8.25. The highest BCUT2D eigenvalue weighted by Gasteiger charge is 2.20. The van der Waals surface area contributed by atoms with Gasteiger partial charge in [0, 0.05) is 16.8 Å². The number of sulfonamides is 1. The number of aromatic nitrogens is 1. The molecule has 0 radical (unpaired) electrons. The Kier molecular flexibility index (Phi) is 4.04. The van der Waals surface area contributed by atoms with Crippen LogP contribution in [0.25, 0.3) is 0 Å². The molecule has 2 rings (SSSR count). The lowest BCUT2D eigenvalue weighted by Crippen LogP contribution is -2.14. The highest BCUT2D eigenvalue weighted by atomic mass is 127. The van der Waals surface area contributed by atoms with Crippen molar-refractivity contribution in [3.8, 4) is 0 Å². The largest absolute Gasteiger partial charge is 0.364 e. The van der Waals surface area contributed by atoms with E-state index in [9.17, 15) is 13.2 Å². The number of aryl methyl sites for hydroxylation is 1. The fourth-order valence-corrected chi connectivity index (χ4v) is 3.53. The number of benzene rings is 1. The minimum Gasteiger partial charge on any atom is -0.364 e. The molecule has 1 heterocycles. The Hall–Kier alpha value is -1.55. The Morgan fingerprint density at radius 1 is 1.35 bits per heavy atom. The summed E-state index contributed by atoms with van der Waals surface area (Å²) in [6.45, 7) is 0. The molecule has 0 spiro atoms. The minimum atomic E-state index is -3.75. The molecule has 0 aliphatic carbocycles. The van der Waals surface area contributed by atoms with Gasteiger partial charge < -0.3 is 10.3 Å². The van der Waals surface area contributed by atoms with E-state index in [1.54, 1.807) is 25.2 Å². The van der Waals surface area contributed by atoms with Crippen molar-refractivity contribution in [3.63, 3.8) is 0 Å². The van der Waals surface area contributed by atoms with Crippen LogP contribution in [0, 0.1) is 3.57 Å². The summed E-state index contributed by atoms with van der Waals surface area (Å²) in [6.07, 6.45) is 1.35. The van der Waals surface area contributed by atoms with Gasteiger partial charge in [0.05, 0.1) is 5.69 Å².